The topological polar surface area (TPSA) is 36.4 Å². The first kappa shape index (κ1) is 11.5. The van der Waals surface area contributed by atoms with Gasteiger partial charge in [0.25, 0.3) is 0 Å². The molecule has 1 N–H and O–H groups in total. The van der Waals surface area contributed by atoms with Gasteiger partial charge in [-0.15, -0.1) is 0 Å². The number of aryl methyl sites for hydroxylation is 1. The Hall–Kier alpha value is -0.610. The van der Waals surface area contributed by atoms with E-state index in [1.165, 1.54) is 32.2 Å². The van der Waals surface area contributed by atoms with Crippen LogP contribution in [0.25, 0.3) is 0 Å². The van der Waals surface area contributed by atoms with Crippen molar-refractivity contribution in [2.24, 2.45) is 5.92 Å². The third-order valence-corrected chi connectivity index (χ3v) is 4.95. The average molecular weight is 252 g/mol. The van der Waals surface area contributed by atoms with Crippen LogP contribution in [-0.4, -0.2) is 22.7 Å². The van der Waals surface area contributed by atoms with Gasteiger partial charge in [0, 0.05) is 12.6 Å². The molecule has 94 valence electrons. The van der Waals surface area contributed by atoms with E-state index in [9.17, 15) is 5.11 Å². The lowest BCUT2D eigenvalue weighted by molar-refractivity contribution is 0.202. The lowest BCUT2D eigenvalue weighted by Gasteiger charge is -2.21. The van der Waals surface area contributed by atoms with Crippen LogP contribution in [0.1, 0.15) is 49.3 Å². The van der Waals surface area contributed by atoms with Gasteiger partial charge in [-0.2, -0.15) is 0 Å². The molecule has 1 atom stereocenters. The van der Waals surface area contributed by atoms with E-state index >= 15 is 0 Å². The smallest absolute Gasteiger partial charge is 0.186 e. The van der Waals surface area contributed by atoms with Gasteiger partial charge in [0.2, 0.25) is 0 Å². The maximum Gasteiger partial charge on any atom is 0.186 e. The summed E-state index contributed by atoms with van der Waals surface area (Å²) in [5, 5.41) is 10.8. The lowest BCUT2D eigenvalue weighted by Crippen LogP contribution is -2.27. The van der Waals surface area contributed by atoms with E-state index in [-0.39, 0.29) is 6.10 Å². The second-order valence-electron chi connectivity index (χ2n) is 5.45. The zero-order chi connectivity index (χ0) is 12.0. The molecule has 17 heavy (non-hydrogen) atoms. The van der Waals surface area contributed by atoms with E-state index in [4.69, 9.17) is 0 Å². The molecule has 0 aliphatic heterocycles. The monoisotopic (exact) mass is 252 g/mol. The summed E-state index contributed by atoms with van der Waals surface area (Å²) in [5.74, 6) is 0.898. The van der Waals surface area contributed by atoms with Crippen molar-refractivity contribution in [3.8, 4) is 0 Å². The standard InChI is InChI=1S/C13H20N2OS/c1-8-12(9(2)16)17-13(14-8)15(11-5-6-11)7-10-3-4-10/h9-11,16H,3-7H2,1-2H3. The molecule has 0 radical (unpaired) electrons. The van der Waals surface area contributed by atoms with Gasteiger partial charge >= 0.3 is 0 Å². The van der Waals surface area contributed by atoms with Crippen molar-refractivity contribution >= 4 is 16.5 Å². The summed E-state index contributed by atoms with van der Waals surface area (Å²) in [7, 11) is 0. The van der Waals surface area contributed by atoms with Crippen molar-refractivity contribution in [2.45, 2.75) is 51.7 Å². The molecule has 2 saturated carbocycles. The Bertz CT molecular complexity index is 408. The lowest BCUT2D eigenvalue weighted by atomic mass is 10.3. The third kappa shape index (κ3) is 2.47. The summed E-state index contributed by atoms with van der Waals surface area (Å²) in [6, 6.07) is 0.725. The highest BCUT2D eigenvalue weighted by Crippen LogP contribution is 2.40. The highest BCUT2D eigenvalue weighted by molar-refractivity contribution is 7.15. The van der Waals surface area contributed by atoms with Crippen molar-refractivity contribution in [3.05, 3.63) is 10.6 Å². The third-order valence-electron chi connectivity index (χ3n) is 3.59. The van der Waals surface area contributed by atoms with E-state index in [0.717, 1.165) is 27.7 Å². The van der Waals surface area contributed by atoms with Crippen molar-refractivity contribution in [2.75, 3.05) is 11.4 Å². The minimum atomic E-state index is -0.386. The molecule has 3 nitrogen and oxygen atoms in total. The van der Waals surface area contributed by atoms with Crippen LogP contribution in [0.4, 0.5) is 5.13 Å². The average Bonchev–Trinajstić information content (AvgIpc) is 3.14. The fraction of sp³-hybridized carbons (Fsp3) is 0.769. The maximum atomic E-state index is 9.70. The summed E-state index contributed by atoms with van der Waals surface area (Å²) in [6.45, 7) is 5.01. The predicted octanol–water partition coefficient (Wildman–Crippen LogP) is 2.88. The van der Waals surface area contributed by atoms with Gasteiger partial charge in [0.05, 0.1) is 16.7 Å². The van der Waals surface area contributed by atoms with Crippen molar-refractivity contribution in [1.29, 1.82) is 0 Å². The first-order valence-electron chi connectivity index (χ1n) is 6.57. The minimum Gasteiger partial charge on any atom is -0.388 e. The molecule has 1 aromatic heterocycles. The van der Waals surface area contributed by atoms with Crippen LogP contribution in [0.2, 0.25) is 0 Å². The predicted molar refractivity (Wildman–Crippen MR) is 70.6 cm³/mol. The number of hydrogen-bond donors (Lipinski definition) is 1. The molecule has 0 saturated heterocycles. The molecule has 2 fully saturated rings. The van der Waals surface area contributed by atoms with E-state index in [0.29, 0.717) is 0 Å². The van der Waals surface area contributed by atoms with Gasteiger partial charge in [-0.1, -0.05) is 11.3 Å². The number of aliphatic hydroxyl groups excluding tert-OH is 1. The SMILES string of the molecule is Cc1nc(N(CC2CC2)C2CC2)sc1C(C)O. The number of rotatable bonds is 5. The van der Waals surface area contributed by atoms with Gasteiger partial charge in [0.1, 0.15) is 0 Å². The van der Waals surface area contributed by atoms with Crippen LogP contribution in [0, 0.1) is 12.8 Å². The summed E-state index contributed by atoms with van der Waals surface area (Å²) < 4.78 is 0. The van der Waals surface area contributed by atoms with Gasteiger partial charge in [-0.3, -0.25) is 0 Å². The van der Waals surface area contributed by atoms with Crippen LogP contribution >= 0.6 is 11.3 Å². The molecule has 1 heterocycles. The van der Waals surface area contributed by atoms with Crippen molar-refractivity contribution in [1.82, 2.24) is 4.98 Å². The number of aromatic nitrogens is 1. The molecule has 1 aromatic rings. The fourth-order valence-electron chi connectivity index (χ4n) is 2.25. The van der Waals surface area contributed by atoms with Gasteiger partial charge in [-0.25, -0.2) is 4.98 Å². The number of thiazole rings is 1. The zero-order valence-electron chi connectivity index (χ0n) is 10.5. The maximum absolute atomic E-state index is 9.70. The fourth-order valence-corrected chi connectivity index (χ4v) is 3.34. The Morgan fingerprint density at radius 3 is 2.59 bits per heavy atom. The second-order valence-corrected chi connectivity index (χ2v) is 6.46. The summed E-state index contributed by atoms with van der Waals surface area (Å²) >= 11 is 1.68. The van der Waals surface area contributed by atoms with E-state index in [1.807, 2.05) is 13.8 Å². The van der Waals surface area contributed by atoms with Crippen LogP contribution in [-0.2, 0) is 0 Å². The first-order chi connectivity index (χ1) is 8.15. The van der Waals surface area contributed by atoms with Crippen molar-refractivity contribution in [3.63, 3.8) is 0 Å². The molecular formula is C13H20N2OS. The number of anilines is 1. The van der Waals surface area contributed by atoms with Crippen molar-refractivity contribution < 1.29 is 5.11 Å². The summed E-state index contributed by atoms with van der Waals surface area (Å²) in [6.07, 6.45) is 5.02. The Balaban J connectivity index is 1.81. The largest absolute Gasteiger partial charge is 0.388 e. The summed E-state index contributed by atoms with van der Waals surface area (Å²) in [5.41, 5.74) is 1.00. The van der Waals surface area contributed by atoms with Crippen LogP contribution in [0.3, 0.4) is 0 Å². The Labute approximate surface area is 106 Å². The normalized spacial score (nSPS) is 21.6. The van der Waals surface area contributed by atoms with E-state index in [1.54, 1.807) is 11.3 Å². The van der Waals surface area contributed by atoms with E-state index < -0.39 is 0 Å². The molecule has 3 rings (SSSR count). The highest BCUT2D eigenvalue weighted by Gasteiger charge is 2.35. The minimum absolute atomic E-state index is 0.386. The number of aliphatic hydroxyl groups is 1. The molecular weight excluding hydrogens is 232 g/mol. The molecule has 1 unspecified atom stereocenters. The second kappa shape index (κ2) is 4.25. The Kier molecular flexibility index (Phi) is 2.87. The molecule has 2 aliphatic rings. The highest BCUT2D eigenvalue weighted by atomic mass is 32.1. The van der Waals surface area contributed by atoms with Crippen LogP contribution in [0.5, 0.6) is 0 Å². The molecule has 4 heteroatoms. The molecule has 0 aromatic carbocycles. The van der Waals surface area contributed by atoms with Gasteiger partial charge in [-0.05, 0) is 45.4 Å². The van der Waals surface area contributed by atoms with Crippen LogP contribution < -0.4 is 4.90 Å². The molecule has 0 spiro atoms. The quantitative estimate of drug-likeness (QED) is 0.875. The molecule has 0 bridgehead atoms. The van der Waals surface area contributed by atoms with E-state index in [2.05, 4.69) is 9.88 Å². The van der Waals surface area contributed by atoms with Gasteiger partial charge < -0.3 is 10.0 Å². The van der Waals surface area contributed by atoms with Gasteiger partial charge in [0.15, 0.2) is 5.13 Å². The number of nitrogens with zero attached hydrogens (tertiary/aromatic N) is 2. The first-order valence-corrected chi connectivity index (χ1v) is 7.39. The zero-order valence-corrected chi connectivity index (χ0v) is 11.3. The summed E-state index contributed by atoms with van der Waals surface area (Å²) in [4.78, 5) is 8.18. The molecule has 0 amide bonds. The number of hydrogen-bond acceptors (Lipinski definition) is 4. The molecule has 2 aliphatic carbocycles. The van der Waals surface area contributed by atoms with Crippen LogP contribution in [0.15, 0.2) is 0 Å². The Morgan fingerprint density at radius 1 is 1.41 bits per heavy atom. The Morgan fingerprint density at radius 2 is 2.12 bits per heavy atom.